The summed E-state index contributed by atoms with van der Waals surface area (Å²) in [5.74, 6) is -1.20. The molecular weight excluding hydrogens is 421 g/mol. The zero-order valence-electron chi connectivity index (χ0n) is 15.3. The van der Waals surface area contributed by atoms with Crippen LogP contribution in [0.3, 0.4) is 0 Å². The maximum absolute atomic E-state index is 14.4. The van der Waals surface area contributed by atoms with E-state index in [-0.39, 0.29) is 34.9 Å². The number of rotatable bonds is 4. The zero-order valence-corrected chi connectivity index (χ0v) is 16.8. The third kappa shape index (κ3) is 3.88. The molecule has 0 aliphatic carbocycles. The van der Waals surface area contributed by atoms with Crippen LogP contribution in [0.25, 0.3) is 0 Å². The molecule has 3 heterocycles. The Morgan fingerprint density at radius 2 is 2.14 bits per heavy atom. The van der Waals surface area contributed by atoms with Gasteiger partial charge in [0.2, 0.25) is 11.8 Å². The fourth-order valence-corrected chi connectivity index (χ4v) is 5.51. The summed E-state index contributed by atoms with van der Waals surface area (Å²) >= 11 is 6.03. The van der Waals surface area contributed by atoms with Crippen molar-refractivity contribution < 1.29 is 22.3 Å². The Morgan fingerprint density at radius 1 is 1.38 bits per heavy atom. The molecule has 29 heavy (non-hydrogen) atoms. The lowest BCUT2D eigenvalue weighted by Gasteiger charge is -2.33. The summed E-state index contributed by atoms with van der Waals surface area (Å²) in [5, 5.41) is 8.38. The molecule has 1 saturated heterocycles. The van der Waals surface area contributed by atoms with Gasteiger partial charge in [-0.1, -0.05) is 11.6 Å². The third-order valence-corrected chi connectivity index (χ3v) is 7.10. The van der Waals surface area contributed by atoms with E-state index in [4.69, 9.17) is 26.3 Å². The van der Waals surface area contributed by atoms with Crippen molar-refractivity contribution in [3.8, 4) is 17.7 Å². The van der Waals surface area contributed by atoms with Gasteiger partial charge in [0.15, 0.2) is 9.84 Å². The van der Waals surface area contributed by atoms with E-state index in [9.17, 15) is 12.8 Å². The standard InChI is InChI=1S/C19H17ClFN3O4S/c20-15-17-16(24(7-9-29(17,25)26)11-14-2-1-8-27-14)19(23-18(15)21)28-13-5-3-12(10-22)4-6-13/h3-6,14H,1-2,7-9,11H2/t14-/m1/s1. The molecule has 7 nitrogen and oxygen atoms in total. The second-order valence-electron chi connectivity index (χ2n) is 6.84. The maximum atomic E-state index is 14.4. The highest BCUT2D eigenvalue weighted by molar-refractivity contribution is 7.91. The van der Waals surface area contributed by atoms with Crippen LogP contribution in [0.5, 0.6) is 11.6 Å². The predicted molar refractivity (Wildman–Crippen MR) is 104 cm³/mol. The van der Waals surface area contributed by atoms with Crippen molar-refractivity contribution in [1.29, 1.82) is 5.26 Å². The monoisotopic (exact) mass is 437 g/mol. The van der Waals surface area contributed by atoms with E-state index in [0.717, 1.165) is 12.8 Å². The summed E-state index contributed by atoms with van der Waals surface area (Å²) in [6, 6.07) is 8.12. The van der Waals surface area contributed by atoms with Crippen molar-refractivity contribution in [2.45, 2.75) is 23.8 Å². The molecule has 2 aliphatic heterocycles. The number of anilines is 1. The number of sulfone groups is 1. The van der Waals surface area contributed by atoms with Gasteiger partial charge in [0.1, 0.15) is 21.4 Å². The molecule has 2 aromatic rings. The second kappa shape index (κ2) is 7.78. The Hall–Kier alpha value is -2.41. The van der Waals surface area contributed by atoms with Crippen molar-refractivity contribution in [3.05, 3.63) is 40.8 Å². The van der Waals surface area contributed by atoms with Crippen LogP contribution in [0.2, 0.25) is 5.02 Å². The SMILES string of the molecule is N#Cc1ccc(Oc2nc(F)c(Cl)c3c2N(C[C@H]2CCCO2)CCS3(=O)=O)cc1. The van der Waals surface area contributed by atoms with E-state index >= 15 is 0 Å². The van der Waals surface area contributed by atoms with Gasteiger partial charge in [-0.15, -0.1) is 0 Å². The number of halogens is 2. The Morgan fingerprint density at radius 3 is 2.79 bits per heavy atom. The molecule has 1 aromatic heterocycles. The molecule has 0 unspecified atom stereocenters. The number of pyridine rings is 1. The van der Waals surface area contributed by atoms with Gasteiger partial charge >= 0.3 is 0 Å². The number of nitrogens with zero attached hydrogens (tertiary/aromatic N) is 3. The lowest BCUT2D eigenvalue weighted by atomic mass is 10.2. The van der Waals surface area contributed by atoms with Crippen LogP contribution in [-0.4, -0.2) is 45.0 Å². The molecule has 1 atom stereocenters. The van der Waals surface area contributed by atoms with Gasteiger partial charge in [-0.2, -0.15) is 14.6 Å². The van der Waals surface area contributed by atoms with E-state index < -0.39 is 20.8 Å². The fraction of sp³-hybridized carbons (Fsp3) is 0.368. The molecule has 0 bridgehead atoms. The number of aromatic nitrogens is 1. The minimum absolute atomic E-state index is 0.0600. The average molecular weight is 438 g/mol. The van der Waals surface area contributed by atoms with E-state index in [1.807, 2.05) is 6.07 Å². The Labute approximate surface area is 172 Å². The van der Waals surface area contributed by atoms with Gasteiger partial charge in [-0.25, -0.2) is 8.42 Å². The lowest BCUT2D eigenvalue weighted by Crippen LogP contribution is -2.40. The second-order valence-corrected chi connectivity index (χ2v) is 9.26. The summed E-state index contributed by atoms with van der Waals surface area (Å²) in [4.78, 5) is 5.26. The summed E-state index contributed by atoms with van der Waals surface area (Å²) < 4.78 is 51.2. The molecule has 1 aromatic carbocycles. The summed E-state index contributed by atoms with van der Waals surface area (Å²) in [6.45, 7) is 1.28. The summed E-state index contributed by atoms with van der Waals surface area (Å²) in [7, 11) is -3.80. The highest BCUT2D eigenvalue weighted by Gasteiger charge is 2.38. The van der Waals surface area contributed by atoms with Crippen molar-refractivity contribution in [1.82, 2.24) is 4.98 Å². The van der Waals surface area contributed by atoms with Crippen LogP contribution < -0.4 is 9.64 Å². The first-order valence-corrected chi connectivity index (χ1v) is 11.1. The first-order valence-electron chi connectivity index (χ1n) is 9.05. The Bertz CT molecular complexity index is 1080. The lowest BCUT2D eigenvalue weighted by molar-refractivity contribution is 0.115. The van der Waals surface area contributed by atoms with Crippen molar-refractivity contribution >= 4 is 27.1 Å². The number of ether oxygens (including phenoxy) is 2. The van der Waals surface area contributed by atoms with Gasteiger partial charge in [0.05, 0.1) is 23.5 Å². The van der Waals surface area contributed by atoms with E-state index in [1.165, 1.54) is 24.3 Å². The van der Waals surface area contributed by atoms with Gasteiger partial charge in [-0.3, -0.25) is 0 Å². The Balaban J connectivity index is 1.80. The molecule has 0 saturated carbocycles. The van der Waals surface area contributed by atoms with Crippen LogP contribution in [0.15, 0.2) is 29.2 Å². The molecule has 2 aliphatic rings. The predicted octanol–water partition coefficient (Wildman–Crippen LogP) is 3.31. The van der Waals surface area contributed by atoms with Gasteiger partial charge in [-0.05, 0) is 37.1 Å². The van der Waals surface area contributed by atoms with Crippen LogP contribution >= 0.6 is 11.6 Å². The zero-order chi connectivity index (χ0) is 20.6. The number of hydrogen-bond acceptors (Lipinski definition) is 7. The Kier molecular flexibility index (Phi) is 5.34. The van der Waals surface area contributed by atoms with E-state index in [0.29, 0.717) is 24.5 Å². The van der Waals surface area contributed by atoms with Crippen LogP contribution in [0.1, 0.15) is 18.4 Å². The largest absolute Gasteiger partial charge is 0.437 e. The van der Waals surface area contributed by atoms with Gasteiger partial charge < -0.3 is 14.4 Å². The minimum Gasteiger partial charge on any atom is -0.437 e. The van der Waals surface area contributed by atoms with Crippen molar-refractivity contribution in [2.24, 2.45) is 0 Å². The van der Waals surface area contributed by atoms with Crippen LogP contribution in [-0.2, 0) is 14.6 Å². The molecule has 0 radical (unpaired) electrons. The normalized spacial score (nSPS) is 20.2. The number of fused-ring (bicyclic) bond motifs is 1. The molecule has 0 spiro atoms. The summed E-state index contributed by atoms with van der Waals surface area (Å²) in [6.07, 6.45) is 1.73. The number of hydrogen-bond donors (Lipinski definition) is 0. The quantitative estimate of drug-likeness (QED) is 0.677. The highest BCUT2D eigenvalue weighted by atomic mass is 35.5. The van der Waals surface area contributed by atoms with Crippen molar-refractivity contribution in [3.63, 3.8) is 0 Å². The topological polar surface area (TPSA) is 92.5 Å². The minimum atomic E-state index is -3.80. The fourth-order valence-electron chi connectivity index (χ4n) is 3.49. The molecular formula is C19H17ClFN3O4S. The van der Waals surface area contributed by atoms with E-state index in [2.05, 4.69) is 4.98 Å². The first kappa shape index (κ1) is 19.9. The van der Waals surface area contributed by atoms with Gasteiger partial charge in [0, 0.05) is 19.7 Å². The highest BCUT2D eigenvalue weighted by Crippen LogP contribution is 2.44. The molecule has 0 amide bonds. The first-order chi connectivity index (χ1) is 13.9. The average Bonchev–Trinajstić information content (AvgIpc) is 3.21. The molecule has 1 fully saturated rings. The molecule has 4 rings (SSSR count). The molecule has 0 N–H and O–H groups in total. The maximum Gasteiger partial charge on any atom is 0.247 e. The van der Waals surface area contributed by atoms with Crippen LogP contribution in [0, 0.1) is 17.3 Å². The third-order valence-electron chi connectivity index (χ3n) is 4.90. The van der Waals surface area contributed by atoms with Gasteiger partial charge in [0.25, 0.3) is 0 Å². The van der Waals surface area contributed by atoms with E-state index in [1.54, 1.807) is 4.90 Å². The number of benzene rings is 1. The number of nitriles is 1. The summed E-state index contributed by atoms with van der Waals surface area (Å²) in [5.41, 5.74) is 0.569. The van der Waals surface area contributed by atoms with Crippen molar-refractivity contribution in [2.75, 3.05) is 30.3 Å². The van der Waals surface area contributed by atoms with Crippen LogP contribution in [0.4, 0.5) is 10.1 Å². The molecule has 152 valence electrons. The molecule has 10 heteroatoms. The smallest absolute Gasteiger partial charge is 0.247 e.